The van der Waals surface area contributed by atoms with Gasteiger partial charge < -0.3 is 19.5 Å². The number of hydrogen-bond acceptors (Lipinski definition) is 6. The van der Waals surface area contributed by atoms with Crippen LogP contribution in [0, 0.1) is 6.92 Å². The summed E-state index contributed by atoms with van der Waals surface area (Å²) in [5.41, 5.74) is 0.885. The van der Waals surface area contributed by atoms with E-state index in [2.05, 4.69) is 15.3 Å². The predicted octanol–water partition coefficient (Wildman–Crippen LogP) is 2.42. The Labute approximate surface area is 124 Å². The number of benzene rings is 1. The quantitative estimate of drug-likeness (QED) is 0.881. The van der Waals surface area contributed by atoms with Gasteiger partial charge in [-0.15, -0.1) is 0 Å². The van der Waals surface area contributed by atoms with Crippen LogP contribution in [0.25, 0.3) is 0 Å². The van der Waals surface area contributed by atoms with Crippen LogP contribution in [-0.2, 0) is 6.61 Å². The van der Waals surface area contributed by atoms with Gasteiger partial charge in [0.05, 0.1) is 14.2 Å². The molecule has 0 amide bonds. The fraction of sp³-hybridized carbons (Fsp3) is 0.333. The number of methoxy groups -OCH3 is 2. The van der Waals surface area contributed by atoms with Crippen molar-refractivity contribution >= 4 is 5.82 Å². The second-order valence-corrected chi connectivity index (χ2v) is 4.40. The number of nitrogens with zero attached hydrogens (tertiary/aromatic N) is 2. The predicted molar refractivity (Wildman–Crippen MR) is 80.2 cm³/mol. The van der Waals surface area contributed by atoms with E-state index in [0.717, 1.165) is 11.5 Å². The van der Waals surface area contributed by atoms with Crippen molar-refractivity contribution in [1.29, 1.82) is 0 Å². The van der Waals surface area contributed by atoms with Crippen LogP contribution >= 0.6 is 0 Å². The Morgan fingerprint density at radius 3 is 2.14 bits per heavy atom. The van der Waals surface area contributed by atoms with Crippen LogP contribution in [0.2, 0.25) is 0 Å². The lowest BCUT2D eigenvalue weighted by atomic mass is 10.3. The molecule has 0 bridgehead atoms. The van der Waals surface area contributed by atoms with Gasteiger partial charge in [0, 0.05) is 37.0 Å². The number of anilines is 1. The molecule has 6 nitrogen and oxygen atoms in total. The van der Waals surface area contributed by atoms with Crippen molar-refractivity contribution in [3.63, 3.8) is 0 Å². The van der Waals surface area contributed by atoms with Crippen molar-refractivity contribution in [1.82, 2.24) is 9.97 Å². The summed E-state index contributed by atoms with van der Waals surface area (Å²) in [6, 6.07) is 7.24. The van der Waals surface area contributed by atoms with E-state index in [-0.39, 0.29) is 6.61 Å². The summed E-state index contributed by atoms with van der Waals surface area (Å²) >= 11 is 0. The van der Waals surface area contributed by atoms with Crippen LogP contribution in [0.3, 0.4) is 0 Å². The molecule has 0 atom stereocenters. The fourth-order valence-electron chi connectivity index (χ4n) is 1.84. The Morgan fingerprint density at radius 2 is 1.57 bits per heavy atom. The van der Waals surface area contributed by atoms with Gasteiger partial charge in [0.15, 0.2) is 5.82 Å². The first-order chi connectivity index (χ1) is 10.1. The molecule has 2 rings (SSSR count). The summed E-state index contributed by atoms with van der Waals surface area (Å²) < 4.78 is 16.1. The fourth-order valence-corrected chi connectivity index (χ4v) is 1.84. The van der Waals surface area contributed by atoms with Crippen molar-refractivity contribution in [3.8, 4) is 17.2 Å². The Hall–Kier alpha value is -2.50. The van der Waals surface area contributed by atoms with Gasteiger partial charge >= 0.3 is 0 Å². The van der Waals surface area contributed by atoms with Crippen LogP contribution in [0.5, 0.6) is 17.2 Å². The summed E-state index contributed by atoms with van der Waals surface area (Å²) in [6.45, 7) is 2.19. The third kappa shape index (κ3) is 3.98. The van der Waals surface area contributed by atoms with E-state index < -0.39 is 0 Å². The maximum atomic E-state index is 5.72. The normalized spacial score (nSPS) is 10.1. The first-order valence-electron chi connectivity index (χ1n) is 6.52. The lowest BCUT2D eigenvalue weighted by molar-refractivity contribution is 0.290. The van der Waals surface area contributed by atoms with E-state index in [1.807, 2.05) is 20.0 Å². The molecule has 0 spiro atoms. The van der Waals surface area contributed by atoms with Crippen molar-refractivity contribution in [3.05, 3.63) is 35.8 Å². The van der Waals surface area contributed by atoms with E-state index in [4.69, 9.17) is 14.2 Å². The number of nitrogens with one attached hydrogen (secondary N) is 1. The Balaban J connectivity index is 2.14. The van der Waals surface area contributed by atoms with E-state index in [9.17, 15) is 0 Å². The summed E-state index contributed by atoms with van der Waals surface area (Å²) in [5, 5.41) is 3.00. The minimum atomic E-state index is 0.271. The molecule has 6 heteroatoms. The van der Waals surface area contributed by atoms with Gasteiger partial charge in [-0.25, -0.2) is 9.97 Å². The van der Waals surface area contributed by atoms with Crippen LogP contribution in [0.4, 0.5) is 5.82 Å². The molecule has 0 radical (unpaired) electrons. The zero-order valence-electron chi connectivity index (χ0n) is 12.6. The largest absolute Gasteiger partial charge is 0.496 e. The first-order valence-corrected chi connectivity index (χ1v) is 6.52. The summed E-state index contributed by atoms with van der Waals surface area (Å²) in [4.78, 5) is 8.69. The SMILES string of the molecule is CNc1cc(C)nc(COc2cc(OC)cc(OC)c2)n1. The monoisotopic (exact) mass is 289 g/mol. The van der Waals surface area contributed by atoms with E-state index >= 15 is 0 Å². The topological polar surface area (TPSA) is 65.5 Å². The molecule has 21 heavy (non-hydrogen) atoms. The number of rotatable bonds is 6. The molecule has 1 N–H and O–H groups in total. The van der Waals surface area contributed by atoms with Crippen molar-refractivity contribution in [2.45, 2.75) is 13.5 Å². The average Bonchev–Trinajstić information content (AvgIpc) is 2.51. The van der Waals surface area contributed by atoms with Gasteiger partial charge in [-0.2, -0.15) is 0 Å². The molecule has 1 aromatic heterocycles. The zero-order valence-corrected chi connectivity index (χ0v) is 12.6. The van der Waals surface area contributed by atoms with Crippen LogP contribution in [0.15, 0.2) is 24.3 Å². The minimum absolute atomic E-state index is 0.271. The van der Waals surface area contributed by atoms with Crippen LogP contribution in [0.1, 0.15) is 11.5 Å². The zero-order chi connectivity index (χ0) is 15.2. The second-order valence-electron chi connectivity index (χ2n) is 4.40. The third-order valence-corrected chi connectivity index (χ3v) is 2.85. The van der Waals surface area contributed by atoms with E-state index in [1.54, 1.807) is 32.4 Å². The molecule has 112 valence electrons. The molecule has 0 unspecified atom stereocenters. The molecule has 0 saturated heterocycles. The van der Waals surface area contributed by atoms with Gasteiger partial charge in [0.25, 0.3) is 0 Å². The third-order valence-electron chi connectivity index (χ3n) is 2.85. The summed E-state index contributed by atoms with van der Waals surface area (Å²) in [7, 11) is 5.02. The second kappa shape index (κ2) is 6.78. The summed E-state index contributed by atoms with van der Waals surface area (Å²) in [5.74, 6) is 3.36. The molecule has 1 heterocycles. The van der Waals surface area contributed by atoms with E-state index in [0.29, 0.717) is 23.1 Å². The van der Waals surface area contributed by atoms with Gasteiger partial charge in [-0.1, -0.05) is 0 Å². The molecule has 0 aliphatic carbocycles. The smallest absolute Gasteiger partial charge is 0.168 e. The highest BCUT2D eigenvalue weighted by molar-refractivity contribution is 5.42. The number of aromatic nitrogens is 2. The van der Waals surface area contributed by atoms with Gasteiger partial charge in [-0.3, -0.25) is 0 Å². The average molecular weight is 289 g/mol. The molecule has 2 aromatic rings. The highest BCUT2D eigenvalue weighted by Gasteiger charge is 2.06. The lowest BCUT2D eigenvalue weighted by Gasteiger charge is -2.10. The standard InChI is InChI=1S/C15H19N3O3/c1-10-5-14(16-2)18-15(17-10)9-21-13-7-11(19-3)6-12(8-13)20-4/h5-8H,9H2,1-4H3,(H,16,17,18). The Kier molecular flexibility index (Phi) is 4.81. The van der Waals surface area contributed by atoms with Crippen LogP contribution in [-0.4, -0.2) is 31.2 Å². The number of hydrogen-bond donors (Lipinski definition) is 1. The molecule has 0 fully saturated rings. The maximum absolute atomic E-state index is 5.72. The number of ether oxygens (including phenoxy) is 3. The highest BCUT2D eigenvalue weighted by Crippen LogP contribution is 2.27. The summed E-state index contributed by atoms with van der Waals surface area (Å²) in [6.07, 6.45) is 0. The van der Waals surface area contributed by atoms with Crippen molar-refractivity contribution < 1.29 is 14.2 Å². The molecular weight excluding hydrogens is 270 g/mol. The number of aryl methyl sites for hydroxylation is 1. The van der Waals surface area contributed by atoms with Gasteiger partial charge in [0.1, 0.15) is 29.7 Å². The van der Waals surface area contributed by atoms with Gasteiger partial charge in [-0.05, 0) is 6.92 Å². The molecule has 1 aromatic carbocycles. The van der Waals surface area contributed by atoms with Crippen molar-refractivity contribution in [2.75, 3.05) is 26.6 Å². The van der Waals surface area contributed by atoms with Crippen LogP contribution < -0.4 is 19.5 Å². The highest BCUT2D eigenvalue weighted by atomic mass is 16.5. The molecule has 0 aliphatic heterocycles. The van der Waals surface area contributed by atoms with Crippen molar-refractivity contribution in [2.24, 2.45) is 0 Å². The Bertz CT molecular complexity index is 595. The molecule has 0 saturated carbocycles. The molecule has 0 aliphatic rings. The van der Waals surface area contributed by atoms with Gasteiger partial charge in [0.2, 0.25) is 0 Å². The Morgan fingerprint density at radius 1 is 0.952 bits per heavy atom. The molecular formula is C15H19N3O3. The van der Waals surface area contributed by atoms with E-state index in [1.165, 1.54) is 0 Å². The first kappa shape index (κ1) is 14.9. The minimum Gasteiger partial charge on any atom is -0.496 e. The lowest BCUT2D eigenvalue weighted by Crippen LogP contribution is -2.05. The maximum Gasteiger partial charge on any atom is 0.168 e.